The molecule has 0 N–H and O–H groups in total. The summed E-state index contributed by atoms with van der Waals surface area (Å²) in [6.07, 6.45) is 4.76. The minimum absolute atomic E-state index is 0.265. The summed E-state index contributed by atoms with van der Waals surface area (Å²) in [4.78, 5) is 14.3. The largest absolute Gasteiger partial charge is 0.465 e. The number of esters is 1. The summed E-state index contributed by atoms with van der Waals surface area (Å²) in [5, 5.41) is 1.19. The molecule has 3 aliphatic rings. The van der Waals surface area contributed by atoms with Crippen molar-refractivity contribution in [2.75, 3.05) is 26.7 Å². The summed E-state index contributed by atoms with van der Waals surface area (Å²) < 4.78 is 7.21. The molecule has 2 bridgehead atoms. The minimum atomic E-state index is -0.265. The lowest BCUT2D eigenvalue weighted by molar-refractivity contribution is 0.0588. The Hall–Kier alpha value is -1.81. The van der Waals surface area contributed by atoms with Gasteiger partial charge in [0.25, 0.3) is 0 Å². The molecule has 0 aliphatic carbocycles. The smallest absolute Gasteiger partial charge is 0.337 e. The Bertz CT molecular complexity index is 683. The number of nitrogens with zero attached hydrogens (tertiary/aromatic N) is 2. The van der Waals surface area contributed by atoms with Crippen LogP contribution in [-0.2, 0) is 4.74 Å². The average Bonchev–Trinajstić information content (AvgIpc) is 2.98. The topological polar surface area (TPSA) is 34.5 Å². The van der Waals surface area contributed by atoms with Crippen molar-refractivity contribution in [2.45, 2.75) is 18.9 Å². The van der Waals surface area contributed by atoms with E-state index >= 15 is 0 Å². The molecule has 3 fully saturated rings. The highest BCUT2D eigenvalue weighted by molar-refractivity contribution is 5.94. The molecule has 1 atom stereocenters. The fraction of sp³-hybridized carbons (Fsp3) is 0.471. The molecule has 3 aliphatic heterocycles. The number of aromatic nitrogens is 1. The average molecular weight is 284 g/mol. The van der Waals surface area contributed by atoms with E-state index in [0.717, 1.165) is 18.0 Å². The van der Waals surface area contributed by atoms with Gasteiger partial charge in [0.15, 0.2) is 0 Å². The zero-order chi connectivity index (χ0) is 14.4. The normalized spacial score (nSPS) is 28.0. The van der Waals surface area contributed by atoms with Gasteiger partial charge in [-0.1, -0.05) is 6.07 Å². The van der Waals surface area contributed by atoms with Crippen molar-refractivity contribution < 1.29 is 9.53 Å². The van der Waals surface area contributed by atoms with Crippen LogP contribution in [0.5, 0.6) is 0 Å². The first-order chi connectivity index (χ1) is 10.3. The summed E-state index contributed by atoms with van der Waals surface area (Å²) in [5.41, 5.74) is 1.78. The van der Waals surface area contributed by atoms with E-state index in [2.05, 4.69) is 21.7 Å². The third-order valence-electron chi connectivity index (χ3n) is 5.12. The first kappa shape index (κ1) is 12.9. The van der Waals surface area contributed by atoms with E-state index < -0.39 is 0 Å². The van der Waals surface area contributed by atoms with E-state index in [-0.39, 0.29) is 5.97 Å². The molecule has 2 aromatic rings. The van der Waals surface area contributed by atoms with E-state index in [1.807, 2.05) is 18.2 Å². The monoisotopic (exact) mass is 284 g/mol. The number of benzene rings is 1. The molecule has 4 nitrogen and oxygen atoms in total. The van der Waals surface area contributed by atoms with E-state index in [4.69, 9.17) is 4.74 Å². The number of piperidine rings is 3. The third kappa shape index (κ3) is 2.05. The molecule has 5 rings (SSSR count). The Morgan fingerprint density at radius 2 is 2.05 bits per heavy atom. The summed E-state index contributed by atoms with van der Waals surface area (Å²) in [5.74, 6) is 0.506. The van der Waals surface area contributed by atoms with E-state index in [1.54, 1.807) is 0 Å². The maximum absolute atomic E-state index is 11.8. The van der Waals surface area contributed by atoms with Crippen molar-refractivity contribution in [3.8, 4) is 0 Å². The molecule has 0 radical (unpaired) electrons. The molecular weight excluding hydrogens is 264 g/mol. The maximum Gasteiger partial charge on any atom is 0.337 e. The summed E-state index contributed by atoms with van der Waals surface area (Å²) >= 11 is 0. The zero-order valence-electron chi connectivity index (χ0n) is 12.3. The van der Waals surface area contributed by atoms with Crippen molar-refractivity contribution in [3.63, 3.8) is 0 Å². The number of fused-ring (bicyclic) bond motifs is 4. The third-order valence-corrected chi connectivity index (χ3v) is 5.12. The first-order valence-corrected chi connectivity index (χ1v) is 7.67. The van der Waals surface area contributed by atoms with E-state index in [1.165, 1.54) is 38.4 Å². The van der Waals surface area contributed by atoms with Crippen LogP contribution in [-0.4, -0.2) is 42.2 Å². The Labute approximate surface area is 124 Å². The predicted molar refractivity (Wildman–Crippen MR) is 81.5 cm³/mol. The van der Waals surface area contributed by atoms with Crippen molar-refractivity contribution in [1.29, 1.82) is 0 Å². The highest BCUT2D eigenvalue weighted by atomic mass is 16.5. The van der Waals surface area contributed by atoms with Gasteiger partial charge in [-0.25, -0.2) is 4.79 Å². The Morgan fingerprint density at radius 3 is 2.71 bits per heavy atom. The second-order valence-corrected chi connectivity index (χ2v) is 6.19. The van der Waals surface area contributed by atoms with Crippen LogP contribution in [0.15, 0.2) is 30.5 Å². The van der Waals surface area contributed by atoms with Crippen LogP contribution in [0.4, 0.5) is 0 Å². The van der Waals surface area contributed by atoms with E-state index in [9.17, 15) is 4.79 Å². The minimum Gasteiger partial charge on any atom is -0.465 e. The van der Waals surface area contributed by atoms with Crippen molar-refractivity contribution in [3.05, 3.63) is 36.0 Å². The maximum atomic E-state index is 11.8. The van der Waals surface area contributed by atoms with Crippen LogP contribution in [0.25, 0.3) is 10.9 Å². The quantitative estimate of drug-likeness (QED) is 0.795. The second-order valence-electron chi connectivity index (χ2n) is 6.19. The van der Waals surface area contributed by atoms with Crippen LogP contribution < -0.4 is 0 Å². The SMILES string of the molecule is COC(=O)c1ccc2ccn(C3CN4CCC3CC4)c2c1. The van der Waals surface area contributed by atoms with Gasteiger partial charge in [-0.05, 0) is 55.4 Å². The zero-order valence-corrected chi connectivity index (χ0v) is 12.3. The molecule has 3 saturated heterocycles. The van der Waals surface area contributed by atoms with Crippen LogP contribution in [0, 0.1) is 5.92 Å². The lowest BCUT2D eigenvalue weighted by Crippen LogP contribution is -2.47. The van der Waals surface area contributed by atoms with Gasteiger partial charge >= 0.3 is 5.97 Å². The van der Waals surface area contributed by atoms with Gasteiger partial charge in [0.2, 0.25) is 0 Å². The van der Waals surface area contributed by atoms with E-state index in [0.29, 0.717) is 11.6 Å². The molecule has 21 heavy (non-hydrogen) atoms. The fourth-order valence-electron chi connectivity index (χ4n) is 3.93. The standard InChI is InChI=1S/C17H20N2O2/c1-21-17(20)14-3-2-12-6-9-19(15(12)10-14)16-11-18-7-4-13(16)5-8-18/h2-3,6,9-10,13,16H,4-5,7-8,11H2,1H3. The summed E-state index contributed by atoms with van der Waals surface area (Å²) in [6, 6.07) is 8.51. The van der Waals surface area contributed by atoms with Crippen LogP contribution in [0.1, 0.15) is 29.2 Å². The molecule has 1 aromatic carbocycles. The molecule has 0 amide bonds. The molecule has 4 heteroatoms. The van der Waals surface area contributed by atoms with Gasteiger partial charge in [-0.15, -0.1) is 0 Å². The number of carbonyl (C=O) groups is 1. The lowest BCUT2D eigenvalue weighted by atomic mass is 9.84. The summed E-state index contributed by atoms with van der Waals surface area (Å²) in [6.45, 7) is 3.62. The van der Waals surface area contributed by atoms with Gasteiger partial charge in [0.05, 0.1) is 12.7 Å². The predicted octanol–water partition coefficient (Wildman–Crippen LogP) is 2.69. The Morgan fingerprint density at radius 1 is 1.24 bits per heavy atom. The van der Waals surface area contributed by atoms with Gasteiger partial charge in [-0.2, -0.15) is 0 Å². The molecule has 1 unspecified atom stereocenters. The molecule has 0 saturated carbocycles. The fourth-order valence-corrected chi connectivity index (χ4v) is 3.93. The number of hydrogen-bond acceptors (Lipinski definition) is 3. The number of hydrogen-bond donors (Lipinski definition) is 0. The molecule has 110 valence electrons. The number of carbonyl (C=O) groups excluding carboxylic acids is 1. The first-order valence-electron chi connectivity index (χ1n) is 7.67. The molecular formula is C17H20N2O2. The van der Waals surface area contributed by atoms with Crippen LogP contribution in [0.3, 0.4) is 0 Å². The Kier molecular flexibility index (Phi) is 3.00. The van der Waals surface area contributed by atoms with Crippen molar-refractivity contribution >= 4 is 16.9 Å². The van der Waals surface area contributed by atoms with Gasteiger partial charge in [0.1, 0.15) is 0 Å². The second kappa shape index (κ2) is 4.88. The number of rotatable bonds is 2. The van der Waals surface area contributed by atoms with Crippen molar-refractivity contribution in [2.24, 2.45) is 5.92 Å². The molecule has 0 spiro atoms. The highest BCUT2D eigenvalue weighted by Gasteiger charge is 2.35. The summed E-state index contributed by atoms with van der Waals surface area (Å²) in [7, 11) is 1.43. The molecule has 1 aromatic heterocycles. The van der Waals surface area contributed by atoms with Crippen LogP contribution in [0.2, 0.25) is 0 Å². The van der Waals surface area contributed by atoms with Gasteiger partial charge in [0, 0.05) is 24.3 Å². The van der Waals surface area contributed by atoms with Crippen LogP contribution >= 0.6 is 0 Å². The highest BCUT2D eigenvalue weighted by Crippen LogP contribution is 2.37. The lowest BCUT2D eigenvalue weighted by Gasteiger charge is -2.45. The van der Waals surface area contributed by atoms with Gasteiger partial charge < -0.3 is 14.2 Å². The Balaban J connectivity index is 1.76. The number of methoxy groups -OCH3 is 1. The van der Waals surface area contributed by atoms with Crippen molar-refractivity contribution in [1.82, 2.24) is 9.47 Å². The van der Waals surface area contributed by atoms with Gasteiger partial charge in [-0.3, -0.25) is 0 Å². The molecule has 4 heterocycles. The number of ether oxygens (including phenoxy) is 1.